The van der Waals surface area contributed by atoms with Gasteiger partial charge in [-0.1, -0.05) is 144 Å². The largest absolute Gasteiger partial charge is 0.479 e. The summed E-state index contributed by atoms with van der Waals surface area (Å²) in [5.41, 5.74) is 24.2. The van der Waals surface area contributed by atoms with Crippen molar-refractivity contribution in [1.29, 1.82) is 0 Å². The molecule has 6 fully saturated rings. The second-order valence-electron chi connectivity index (χ2n) is 39.0. The van der Waals surface area contributed by atoms with Gasteiger partial charge < -0.3 is 59.2 Å². The lowest BCUT2D eigenvalue weighted by molar-refractivity contribution is -0.140. The van der Waals surface area contributed by atoms with E-state index in [1.54, 1.807) is 30.9 Å². The number of hydrogen-bond acceptors (Lipinski definition) is 15. The third-order valence-corrected chi connectivity index (χ3v) is 31.1. The van der Waals surface area contributed by atoms with Gasteiger partial charge in [0.2, 0.25) is 0 Å². The van der Waals surface area contributed by atoms with E-state index in [9.17, 15) is 19.2 Å². The van der Waals surface area contributed by atoms with E-state index < -0.39 is 24.4 Å². The molecule has 4 unspecified atom stereocenters. The first-order valence-electron chi connectivity index (χ1n) is 49.1. The fraction of sp³-hybridized carbons (Fsp3) is 0.357. The molecule has 4 atom stereocenters. The summed E-state index contributed by atoms with van der Waals surface area (Å²) in [4.78, 5) is 93.3. The lowest BCUT2D eigenvalue weighted by Gasteiger charge is -2.42. The van der Waals surface area contributed by atoms with Gasteiger partial charge in [-0.05, 0) is 243 Å². The predicted octanol–water partition coefficient (Wildman–Crippen LogP) is 21.5. The normalized spacial score (nSPS) is 21.6. The highest BCUT2D eigenvalue weighted by atomic mass is 35.5. The number of nitrogens with two attached hydrogens (primary N) is 1. The fourth-order valence-electron chi connectivity index (χ4n) is 22.9. The number of piperazine rings is 2. The number of H-pyrrole nitrogens is 3. The third kappa shape index (κ3) is 19.8. The summed E-state index contributed by atoms with van der Waals surface area (Å²) in [6, 6.07) is 64.7. The van der Waals surface area contributed by atoms with Crippen LogP contribution in [0.25, 0.3) is 77.6 Å². The zero-order valence-electron chi connectivity index (χ0n) is 77.6. The Hall–Kier alpha value is -12.3. The number of likely N-dealkylation sites (tertiary alicyclic amines) is 2. The van der Waals surface area contributed by atoms with E-state index in [1.165, 1.54) is 74.5 Å². The molecule has 2 aliphatic carbocycles. The fourth-order valence-corrected chi connectivity index (χ4v) is 23.9. The predicted molar refractivity (Wildman–Crippen MR) is 545 cm³/mol. The number of fused-ring (bicyclic) bond motifs is 7. The molecule has 0 spiro atoms. The van der Waals surface area contributed by atoms with Gasteiger partial charge in [0.15, 0.2) is 24.4 Å². The zero-order valence-corrected chi connectivity index (χ0v) is 80.6. The number of halogens is 4. The van der Waals surface area contributed by atoms with Crippen LogP contribution in [0.2, 0.25) is 20.1 Å². The van der Waals surface area contributed by atoms with E-state index in [4.69, 9.17) is 71.1 Å². The van der Waals surface area contributed by atoms with Crippen LogP contribution in [-0.2, 0) is 51.3 Å². The maximum Gasteiger partial charge on any atom is 0.264 e. The molecular formula is C112H114Cl4N14O8. The molecule has 7 aromatic heterocycles. The number of amides is 4. The summed E-state index contributed by atoms with van der Waals surface area (Å²) in [6.45, 7) is 12.3. The zero-order chi connectivity index (χ0) is 94.1. The van der Waals surface area contributed by atoms with Crippen LogP contribution in [-0.4, -0.2) is 203 Å². The minimum atomic E-state index is -0.510. The van der Waals surface area contributed by atoms with E-state index in [-0.39, 0.29) is 29.0 Å². The highest BCUT2D eigenvalue weighted by Crippen LogP contribution is 2.50. The molecule has 7 aromatic carbocycles. The summed E-state index contributed by atoms with van der Waals surface area (Å²) < 4.78 is 25.2. The van der Waals surface area contributed by atoms with Gasteiger partial charge in [0, 0.05) is 240 Å². The molecule has 14 aromatic rings. The first kappa shape index (κ1) is 92.1. The summed E-state index contributed by atoms with van der Waals surface area (Å²) in [5.74, 6) is 5.14. The Labute approximate surface area is 824 Å². The van der Waals surface area contributed by atoms with Crippen molar-refractivity contribution >= 4 is 109 Å². The number of anilines is 1. The van der Waals surface area contributed by atoms with Crippen molar-refractivity contribution < 1.29 is 38.1 Å². The Morgan fingerprint density at radius 3 is 1.07 bits per heavy atom. The number of piperidine rings is 2. The average Bonchev–Trinajstić information content (AvgIpc) is 1.63. The van der Waals surface area contributed by atoms with Crippen LogP contribution in [0, 0.1) is 5.41 Å². The number of hydrogen-bond donors (Lipinski definition) is 4. The number of rotatable bonds is 14. The summed E-state index contributed by atoms with van der Waals surface area (Å²) in [5, 5.41) is 5.59. The van der Waals surface area contributed by atoms with Crippen LogP contribution in [0.5, 0.6) is 23.0 Å². The number of carbonyl (C=O) groups is 4. The monoisotopic (exact) mass is 1920 g/mol. The van der Waals surface area contributed by atoms with Gasteiger partial charge in [-0.15, -0.1) is 0 Å². The molecule has 0 bridgehead atoms. The molecule has 4 saturated heterocycles. The molecule has 0 radical (unpaired) electrons. The number of ether oxygens (including phenoxy) is 4. The lowest BCUT2D eigenvalue weighted by Crippen LogP contribution is -2.54. The van der Waals surface area contributed by atoms with Crippen molar-refractivity contribution in [2.75, 3.05) is 84.3 Å². The quantitative estimate of drug-likeness (QED) is 0.0790. The van der Waals surface area contributed by atoms with Crippen molar-refractivity contribution in [3.05, 3.63) is 290 Å². The van der Waals surface area contributed by atoms with Gasteiger partial charge in [-0.2, -0.15) is 0 Å². The van der Waals surface area contributed by atoms with E-state index in [2.05, 4.69) is 143 Å². The minimum absolute atomic E-state index is 0.0755. The Balaban J connectivity index is 0.000000111. The number of nitrogen functional groups attached to an aromatic ring is 1. The van der Waals surface area contributed by atoms with Crippen molar-refractivity contribution in [3.63, 3.8) is 0 Å². The number of nitrogens with zero attached hydrogens (tertiary/aromatic N) is 10. The van der Waals surface area contributed by atoms with Crippen molar-refractivity contribution in [1.82, 2.24) is 64.3 Å². The Morgan fingerprint density at radius 1 is 0.362 bits per heavy atom. The van der Waals surface area contributed by atoms with E-state index in [0.29, 0.717) is 75.5 Å². The Morgan fingerprint density at radius 2 is 0.696 bits per heavy atom. The molecule has 2 saturated carbocycles. The van der Waals surface area contributed by atoms with Crippen molar-refractivity contribution in [2.24, 2.45) is 5.41 Å². The molecule has 10 aliphatic rings. The van der Waals surface area contributed by atoms with Crippen molar-refractivity contribution in [3.8, 4) is 67.5 Å². The van der Waals surface area contributed by atoms with Crippen LogP contribution >= 0.6 is 46.4 Å². The third-order valence-electron chi connectivity index (χ3n) is 30.3. The molecule has 708 valence electrons. The van der Waals surface area contributed by atoms with Gasteiger partial charge in [-0.25, -0.2) is 19.9 Å². The SMILES string of the molecule is CC1(Cc2ccccc2)CCN(C(=O)C2Cc3cc(Cl)cc(-c4ccnc5[nH]ccc45)c3O2)CC1.Nc1cc(-c2cc(Cl)cc3c2OC(C(=O)N2CCCCC2)C3)ccn1.O=C(C1Cc2cc(Cl)cc(-c3ccnc4[nH]ccc34)c2O1)N1CCN(C2CCC(c3ccccc3)CC2)CC1.O=C(C1Cc2cc(Cl)cc(-c3ccnc4[nH]ccc34)c2O1)N1CCN(C2CCC(c3ccccc3)CC2)CC1. The first-order valence-corrected chi connectivity index (χ1v) is 50.6. The van der Waals surface area contributed by atoms with Crippen LogP contribution in [0.3, 0.4) is 0 Å². The average molecular weight is 1930 g/mol. The smallest absolute Gasteiger partial charge is 0.264 e. The second-order valence-corrected chi connectivity index (χ2v) is 40.8. The van der Waals surface area contributed by atoms with E-state index >= 15 is 0 Å². The number of aromatic amines is 3. The van der Waals surface area contributed by atoms with Crippen LogP contribution in [0.4, 0.5) is 5.82 Å². The highest BCUT2D eigenvalue weighted by molar-refractivity contribution is 6.32. The molecule has 8 aliphatic heterocycles. The minimum Gasteiger partial charge on any atom is -0.479 e. The second kappa shape index (κ2) is 40.6. The van der Waals surface area contributed by atoms with Crippen LogP contribution in [0.1, 0.15) is 141 Å². The number of aromatic nitrogens is 7. The lowest BCUT2D eigenvalue weighted by atomic mass is 9.75. The number of benzene rings is 7. The van der Waals surface area contributed by atoms with Crippen molar-refractivity contribution in [2.45, 2.75) is 171 Å². The molecule has 138 heavy (non-hydrogen) atoms. The standard InChI is InChI=1S/2C32H33ClN4O2.C29H28ClN3O2.C19H20ClN3O2/c2*33-24-18-23-19-29(39-30(23)28(20-24)26-10-12-34-31-27(26)11-13-35-31)32(38)37-16-14-36(15-17-37)25-8-6-22(7-9-25)21-4-2-1-3-5-21;1-29(18-19-5-3-2-4-6-19)9-13-33(14-10-29)28(34)25-16-20-15-21(30)17-24(26(20)35-25)22-7-11-31-27-23(22)8-12-32-27;20-14-8-13-9-16(19(24)23-6-2-1-3-7-23)25-18(13)15(11-14)12-4-5-22-17(21)10-12/h2*1-5,10-13,18,20,22,25,29H,6-9,14-17,19H2,(H,34,35);2-8,11-12,15,17,25H,9-10,13-14,16,18H2,1H3,(H,31,32);4-5,8,10-11,16H,1-3,6-7,9H2,(H2,21,22). The maximum atomic E-state index is 13.6. The summed E-state index contributed by atoms with van der Waals surface area (Å²) in [6.07, 6.45) is 29.2. The molecule has 4 amide bonds. The summed E-state index contributed by atoms with van der Waals surface area (Å²) >= 11 is 25.9. The number of carbonyl (C=O) groups excluding carboxylic acids is 4. The Kier molecular flexibility index (Phi) is 27.1. The molecule has 26 heteroatoms. The van der Waals surface area contributed by atoms with Crippen LogP contribution in [0.15, 0.2) is 231 Å². The molecular weight excluding hydrogens is 1810 g/mol. The van der Waals surface area contributed by atoms with Gasteiger partial charge in [-0.3, -0.25) is 29.0 Å². The summed E-state index contributed by atoms with van der Waals surface area (Å²) in [7, 11) is 0. The van der Waals surface area contributed by atoms with Crippen LogP contribution < -0.4 is 24.7 Å². The van der Waals surface area contributed by atoms with E-state index in [1.807, 2.05) is 129 Å². The molecule has 5 N–H and O–H groups in total. The highest BCUT2D eigenvalue weighted by Gasteiger charge is 2.44. The first-order chi connectivity index (χ1) is 67.4. The number of nitrogens with one attached hydrogen (secondary N) is 3. The van der Waals surface area contributed by atoms with Gasteiger partial charge in [0.05, 0.1) is 0 Å². The van der Waals surface area contributed by atoms with Gasteiger partial charge >= 0.3 is 0 Å². The topological polar surface area (TPSA) is 250 Å². The molecule has 22 nitrogen and oxygen atoms in total. The van der Waals surface area contributed by atoms with Gasteiger partial charge in [0.25, 0.3) is 23.6 Å². The van der Waals surface area contributed by atoms with E-state index in [0.717, 1.165) is 234 Å². The molecule has 24 rings (SSSR count). The van der Waals surface area contributed by atoms with Gasteiger partial charge in [0.1, 0.15) is 45.8 Å². The molecule has 15 heterocycles. The Bertz CT molecular complexity index is 6550. The maximum absolute atomic E-state index is 13.6. The number of pyridine rings is 4.